The summed E-state index contributed by atoms with van der Waals surface area (Å²) in [6.07, 6.45) is 0. The molecule has 0 saturated heterocycles. The fourth-order valence-corrected chi connectivity index (χ4v) is 0. The minimum Gasteiger partial charge on any atom is -0.0149 e. The Bertz CT molecular complexity index is 11.6. The summed E-state index contributed by atoms with van der Waals surface area (Å²) in [5.41, 5.74) is 0. The van der Waals surface area contributed by atoms with Crippen LogP contribution in [0.3, 0.4) is 0 Å². The first-order valence-corrected chi connectivity index (χ1v) is 0. The molecule has 0 saturated carbocycles. The van der Waals surface area contributed by atoms with Crippen molar-refractivity contribution in [1.82, 2.24) is 0 Å². The van der Waals surface area contributed by atoms with Crippen LogP contribution < -0.4 is 0 Å². The van der Waals surface area contributed by atoms with E-state index >= 15 is 0 Å². The molecule has 0 aromatic rings. The third-order valence-corrected chi connectivity index (χ3v) is 0. The third-order valence-electron chi connectivity index (χ3n) is 0. The fourth-order valence-electron chi connectivity index (χ4n) is 0. The molecule has 0 aliphatic rings. The van der Waals surface area contributed by atoms with E-state index in [4.69, 9.17) is 0 Å². The van der Waals surface area contributed by atoms with Crippen LogP contribution in [0.15, 0.2) is 0 Å². The Morgan fingerprint density at radius 3 is 1.00 bits per heavy atom. The van der Waals surface area contributed by atoms with Gasteiger partial charge in [-0.15, -0.1) is 0 Å². The molecule has 0 heterocycles. The summed E-state index contributed by atoms with van der Waals surface area (Å²) in [7, 11) is 0. The van der Waals surface area contributed by atoms with Crippen molar-refractivity contribution in [3.8, 4) is 0 Å². The predicted octanol–water partition coefficient (Wildman–Crippen LogP) is -2.64. The van der Waals surface area contributed by atoms with Crippen LogP contribution in [-0.2, 0) is 55.5 Å². The summed E-state index contributed by atoms with van der Waals surface area (Å²) in [4.78, 5) is 0. The molecule has 0 aromatic carbocycles. The second kappa shape index (κ2) is 31.6. The van der Waals surface area contributed by atoms with Crippen molar-refractivity contribution in [2.45, 2.75) is 0 Å². The van der Waals surface area contributed by atoms with Crippen molar-refractivity contribution in [2.24, 2.45) is 0 Å². The van der Waals surface area contributed by atoms with Gasteiger partial charge in [-0.1, -0.05) is 0 Å². The zero-order valence-electron chi connectivity index (χ0n) is 1.17. The van der Waals surface area contributed by atoms with E-state index in [1.54, 1.807) is 0 Å². The first kappa shape index (κ1) is 50.9. The van der Waals surface area contributed by atoms with Crippen LogP contribution in [0.1, 0.15) is 0 Å². The van der Waals surface area contributed by atoms with Crippen molar-refractivity contribution in [1.29, 1.82) is 0 Å². The largest absolute Gasteiger partial charge is 0.187 e. The molecular weight excluding hydrogens is 259 g/mol. The Morgan fingerprint density at radius 1 is 1.00 bits per heavy atom. The molecule has 0 spiro atoms. The SMILES string of the molecule is [AlH3].[Cr].[Fe].[Mo].[SiH4]. The van der Waals surface area contributed by atoms with Gasteiger partial charge in [-0.05, 0) is 11.0 Å². The maximum atomic E-state index is 0. The molecule has 0 bridgehead atoms. The van der Waals surface area contributed by atoms with Gasteiger partial charge in [-0.3, -0.25) is 0 Å². The molecule has 0 fully saturated rings. The second-order valence-corrected chi connectivity index (χ2v) is 0. The molecule has 0 atom stereocenters. The van der Waals surface area contributed by atoms with E-state index in [1.165, 1.54) is 0 Å². The maximum absolute atomic E-state index is 0. The topological polar surface area (TPSA) is 0 Å². The van der Waals surface area contributed by atoms with Crippen molar-refractivity contribution in [3.05, 3.63) is 0 Å². The molecular formula is H7AlCrFeMoSi. The van der Waals surface area contributed by atoms with E-state index in [-0.39, 0.29) is 83.8 Å². The summed E-state index contributed by atoms with van der Waals surface area (Å²) < 4.78 is 0. The minimum absolute atomic E-state index is 0. The molecule has 0 rings (SSSR count). The van der Waals surface area contributed by atoms with Crippen LogP contribution in [0.25, 0.3) is 0 Å². The molecule has 0 aromatic heterocycles. The Balaban J connectivity index is 0. The third kappa shape index (κ3) is 21.1. The predicted molar refractivity (Wildman–Crippen MR) is 21.3 cm³/mol. The van der Waals surface area contributed by atoms with Crippen molar-refractivity contribution >= 4 is 28.3 Å². The molecule has 5 heteroatoms. The van der Waals surface area contributed by atoms with Gasteiger partial charge in [0.25, 0.3) is 0 Å². The molecule has 0 N–H and O–H groups in total. The van der Waals surface area contributed by atoms with Crippen LogP contribution in [-0.4, -0.2) is 28.3 Å². The number of hydrogen-bond acceptors (Lipinski definition) is 0. The summed E-state index contributed by atoms with van der Waals surface area (Å²) in [6, 6.07) is 0. The minimum atomic E-state index is 0. The number of rotatable bonds is 0. The van der Waals surface area contributed by atoms with Gasteiger partial charge in [0.2, 0.25) is 0 Å². The molecule has 0 radical (unpaired) electrons. The Morgan fingerprint density at radius 2 is 1.00 bits per heavy atom. The average molecular weight is 266 g/mol. The van der Waals surface area contributed by atoms with E-state index in [0.717, 1.165) is 0 Å². The van der Waals surface area contributed by atoms with Crippen LogP contribution in [0.2, 0.25) is 0 Å². The smallest absolute Gasteiger partial charge is 0.0149 e. The van der Waals surface area contributed by atoms with Crippen LogP contribution in [0.4, 0.5) is 0 Å². The van der Waals surface area contributed by atoms with E-state index in [0.29, 0.717) is 0 Å². The molecule has 0 aliphatic heterocycles. The molecule has 0 unspecified atom stereocenters. The van der Waals surface area contributed by atoms with E-state index in [9.17, 15) is 0 Å². The normalized spacial score (nSPS) is 0. The molecule has 5 heavy (non-hydrogen) atoms. The Hall–Kier alpha value is 2.49. The molecule has 0 nitrogen and oxygen atoms in total. The van der Waals surface area contributed by atoms with E-state index < -0.39 is 0 Å². The zero-order chi connectivity index (χ0) is 0. The van der Waals surface area contributed by atoms with Crippen LogP contribution in [0, 0.1) is 0 Å². The second-order valence-electron chi connectivity index (χ2n) is 0. The summed E-state index contributed by atoms with van der Waals surface area (Å²) in [5.74, 6) is 0. The molecule has 34 valence electrons. The van der Waals surface area contributed by atoms with Gasteiger partial charge in [0, 0.05) is 55.5 Å². The Labute approximate surface area is 82.9 Å². The van der Waals surface area contributed by atoms with Gasteiger partial charge in [0.15, 0.2) is 17.4 Å². The van der Waals surface area contributed by atoms with Crippen LogP contribution in [0.5, 0.6) is 0 Å². The van der Waals surface area contributed by atoms with E-state index in [2.05, 4.69) is 0 Å². The standard InChI is InChI=1S/Al.Cr.Fe.Mo.H4Si.3H/h;;;;1H4;;;. The first-order chi connectivity index (χ1) is 0. The molecule has 0 aliphatic carbocycles. The monoisotopic (exact) mass is 268 g/mol. The van der Waals surface area contributed by atoms with Gasteiger partial charge >= 0.3 is 0 Å². The van der Waals surface area contributed by atoms with E-state index in [1.807, 2.05) is 0 Å². The van der Waals surface area contributed by atoms with Crippen LogP contribution >= 0.6 is 0 Å². The summed E-state index contributed by atoms with van der Waals surface area (Å²) >= 11 is 0. The van der Waals surface area contributed by atoms with Gasteiger partial charge < -0.3 is 0 Å². The Kier molecular flexibility index (Phi) is 321. The summed E-state index contributed by atoms with van der Waals surface area (Å²) in [6.45, 7) is 0. The summed E-state index contributed by atoms with van der Waals surface area (Å²) in [5, 5.41) is 0. The van der Waals surface area contributed by atoms with Gasteiger partial charge in [-0.2, -0.15) is 0 Å². The van der Waals surface area contributed by atoms with Gasteiger partial charge in [0.1, 0.15) is 0 Å². The fraction of sp³-hybridized carbons (Fsp3) is 0. The average Bonchev–Trinajstić information content (AvgIpc) is 0. The zero-order valence-corrected chi connectivity index (χ0v) is 5.56. The first-order valence-electron chi connectivity index (χ1n) is 0. The van der Waals surface area contributed by atoms with Gasteiger partial charge in [0.05, 0.1) is 0 Å². The van der Waals surface area contributed by atoms with Gasteiger partial charge in [-0.25, -0.2) is 0 Å². The van der Waals surface area contributed by atoms with Crippen molar-refractivity contribution in [3.63, 3.8) is 0 Å². The molecule has 0 amide bonds. The quantitative estimate of drug-likeness (QED) is 0.420. The number of hydrogen-bond donors (Lipinski definition) is 0. The van der Waals surface area contributed by atoms with Crippen molar-refractivity contribution in [2.75, 3.05) is 0 Å². The maximum Gasteiger partial charge on any atom is 0.187 e. The van der Waals surface area contributed by atoms with Crippen molar-refractivity contribution < 1.29 is 55.5 Å².